The first kappa shape index (κ1) is 19.8. The summed E-state index contributed by atoms with van der Waals surface area (Å²) < 4.78 is 13.3. The molecule has 0 saturated heterocycles. The number of benzene rings is 2. The summed E-state index contributed by atoms with van der Waals surface area (Å²) in [6, 6.07) is 15.4. The fourth-order valence-electron chi connectivity index (χ4n) is 2.61. The number of para-hydroxylation sites is 3. The van der Waals surface area contributed by atoms with Crippen molar-refractivity contribution in [3.05, 3.63) is 59.9 Å². The highest BCUT2D eigenvalue weighted by molar-refractivity contribution is 7.99. The van der Waals surface area contributed by atoms with Crippen molar-refractivity contribution in [1.82, 2.24) is 20.1 Å². The average Bonchev–Trinajstić information content (AvgIpc) is 3.13. The monoisotopic (exact) mass is 398 g/mol. The lowest BCUT2D eigenvalue weighted by Crippen LogP contribution is -2.20. The molecule has 0 aliphatic heterocycles. The highest BCUT2D eigenvalue weighted by Crippen LogP contribution is 2.29. The Kier molecular flexibility index (Phi) is 6.54. The summed E-state index contributed by atoms with van der Waals surface area (Å²) in [5, 5.41) is 11.8. The molecule has 2 aromatic carbocycles. The van der Waals surface area contributed by atoms with Gasteiger partial charge in [0.15, 0.2) is 11.0 Å². The molecule has 146 valence electrons. The van der Waals surface area contributed by atoms with Crippen LogP contribution in [0.2, 0.25) is 0 Å². The Bertz CT molecular complexity index is 958. The summed E-state index contributed by atoms with van der Waals surface area (Å²) in [7, 11) is 3.22. The predicted molar refractivity (Wildman–Crippen MR) is 108 cm³/mol. The van der Waals surface area contributed by atoms with Gasteiger partial charge in [0.2, 0.25) is 5.91 Å². The molecule has 1 aromatic heterocycles. The SMILES string of the molecule is CNC(=O)CSc1nnc(COc2ccccc2C)n1-c1ccccc1OC. The smallest absolute Gasteiger partial charge is 0.230 e. The van der Waals surface area contributed by atoms with E-state index in [0.29, 0.717) is 16.7 Å². The fourth-order valence-corrected chi connectivity index (χ4v) is 3.44. The molecule has 0 aliphatic rings. The average molecular weight is 398 g/mol. The van der Waals surface area contributed by atoms with E-state index in [1.807, 2.05) is 60.0 Å². The van der Waals surface area contributed by atoms with Crippen molar-refractivity contribution >= 4 is 17.7 Å². The Morgan fingerprint density at radius 2 is 1.82 bits per heavy atom. The van der Waals surface area contributed by atoms with Gasteiger partial charge in [-0.3, -0.25) is 9.36 Å². The number of aryl methyl sites for hydroxylation is 1. The number of amides is 1. The third-order valence-corrected chi connectivity index (χ3v) is 5.02. The molecule has 1 heterocycles. The number of hydrogen-bond donors (Lipinski definition) is 1. The van der Waals surface area contributed by atoms with Crippen molar-refractivity contribution in [1.29, 1.82) is 0 Å². The van der Waals surface area contributed by atoms with Gasteiger partial charge in [0.05, 0.1) is 18.6 Å². The molecule has 28 heavy (non-hydrogen) atoms. The first-order chi connectivity index (χ1) is 13.6. The van der Waals surface area contributed by atoms with E-state index in [1.165, 1.54) is 11.8 Å². The first-order valence-corrected chi connectivity index (χ1v) is 9.72. The molecule has 8 heteroatoms. The van der Waals surface area contributed by atoms with E-state index < -0.39 is 0 Å². The van der Waals surface area contributed by atoms with Gasteiger partial charge in [-0.2, -0.15) is 0 Å². The number of carbonyl (C=O) groups excluding carboxylic acids is 1. The molecular weight excluding hydrogens is 376 g/mol. The second-order valence-electron chi connectivity index (χ2n) is 5.92. The van der Waals surface area contributed by atoms with Crippen LogP contribution in [0, 0.1) is 6.92 Å². The van der Waals surface area contributed by atoms with Crippen LogP contribution in [-0.4, -0.2) is 40.6 Å². The lowest BCUT2D eigenvalue weighted by Gasteiger charge is -2.14. The minimum Gasteiger partial charge on any atom is -0.495 e. The van der Waals surface area contributed by atoms with Crippen LogP contribution in [0.1, 0.15) is 11.4 Å². The summed E-state index contributed by atoms with van der Waals surface area (Å²) in [6.45, 7) is 2.22. The predicted octanol–water partition coefficient (Wildman–Crippen LogP) is 3.00. The third kappa shape index (κ3) is 4.45. The number of aromatic nitrogens is 3. The van der Waals surface area contributed by atoms with E-state index in [9.17, 15) is 4.79 Å². The largest absolute Gasteiger partial charge is 0.495 e. The van der Waals surface area contributed by atoms with Crippen molar-refractivity contribution < 1.29 is 14.3 Å². The second kappa shape index (κ2) is 9.27. The highest BCUT2D eigenvalue weighted by atomic mass is 32.2. The van der Waals surface area contributed by atoms with Gasteiger partial charge in [0.25, 0.3) is 0 Å². The molecule has 7 nitrogen and oxygen atoms in total. The second-order valence-corrected chi connectivity index (χ2v) is 6.86. The van der Waals surface area contributed by atoms with Gasteiger partial charge in [-0.15, -0.1) is 10.2 Å². The number of thioether (sulfide) groups is 1. The van der Waals surface area contributed by atoms with Gasteiger partial charge in [0, 0.05) is 7.05 Å². The van der Waals surface area contributed by atoms with Crippen molar-refractivity contribution in [2.45, 2.75) is 18.7 Å². The van der Waals surface area contributed by atoms with E-state index in [1.54, 1.807) is 14.2 Å². The van der Waals surface area contributed by atoms with Crippen LogP contribution in [0.15, 0.2) is 53.7 Å². The first-order valence-electron chi connectivity index (χ1n) is 8.73. The number of nitrogens with zero attached hydrogens (tertiary/aromatic N) is 3. The molecule has 3 rings (SSSR count). The van der Waals surface area contributed by atoms with Crippen molar-refractivity contribution in [3.63, 3.8) is 0 Å². The summed E-state index contributed by atoms with van der Waals surface area (Å²) >= 11 is 1.31. The maximum atomic E-state index is 11.7. The van der Waals surface area contributed by atoms with E-state index in [4.69, 9.17) is 9.47 Å². The van der Waals surface area contributed by atoms with Crippen LogP contribution >= 0.6 is 11.8 Å². The van der Waals surface area contributed by atoms with Crippen molar-refractivity contribution in [3.8, 4) is 17.2 Å². The topological polar surface area (TPSA) is 78.3 Å². The van der Waals surface area contributed by atoms with Crippen LogP contribution < -0.4 is 14.8 Å². The zero-order valence-corrected chi connectivity index (χ0v) is 16.8. The summed E-state index contributed by atoms with van der Waals surface area (Å²) in [5.74, 6) is 2.24. The Hall–Kier alpha value is -3.00. The highest BCUT2D eigenvalue weighted by Gasteiger charge is 2.19. The van der Waals surface area contributed by atoms with Crippen LogP contribution in [0.4, 0.5) is 0 Å². The molecule has 0 radical (unpaired) electrons. The molecule has 1 N–H and O–H groups in total. The number of rotatable bonds is 8. The number of ether oxygens (including phenoxy) is 2. The number of nitrogens with one attached hydrogen (secondary N) is 1. The molecule has 0 saturated carbocycles. The van der Waals surface area contributed by atoms with Gasteiger partial charge >= 0.3 is 0 Å². The molecule has 0 bridgehead atoms. The summed E-state index contributed by atoms with van der Waals surface area (Å²) in [5.41, 5.74) is 1.83. The molecule has 0 unspecified atom stereocenters. The molecule has 0 fully saturated rings. The quantitative estimate of drug-likeness (QED) is 0.588. The van der Waals surface area contributed by atoms with Gasteiger partial charge in [-0.25, -0.2) is 0 Å². The number of methoxy groups -OCH3 is 1. The lowest BCUT2D eigenvalue weighted by molar-refractivity contribution is -0.118. The van der Waals surface area contributed by atoms with Gasteiger partial charge in [-0.1, -0.05) is 42.1 Å². The lowest BCUT2D eigenvalue weighted by atomic mass is 10.2. The molecule has 1 amide bonds. The summed E-state index contributed by atoms with van der Waals surface area (Å²) in [4.78, 5) is 11.7. The van der Waals surface area contributed by atoms with Crippen molar-refractivity contribution in [2.75, 3.05) is 19.9 Å². The normalized spacial score (nSPS) is 10.5. The maximum absolute atomic E-state index is 11.7. The van der Waals surface area contributed by atoms with Crippen LogP contribution in [-0.2, 0) is 11.4 Å². The van der Waals surface area contributed by atoms with E-state index in [-0.39, 0.29) is 18.3 Å². The van der Waals surface area contributed by atoms with E-state index in [0.717, 1.165) is 17.0 Å². The van der Waals surface area contributed by atoms with Crippen LogP contribution in [0.5, 0.6) is 11.5 Å². The minimum atomic E-state index is -0.0858. The van der Waals surface area contributed by atoms with Crippen LogP contribution in [0.25, 0.3) is 5.69 Å². The Morgan fingerprint density at radius 1 is 1.11 bits per heavy atom. The Labute approximate surface area is 168 Å². The Balaban J connectivity index is 1.94. The van der Waals surface area contributed by atoms with E-state index in [2.05, 4.69) is 15.5 Å². The Morgan fingerprint density at radius 3 is 2.54 bits per heavy atom. The molecule has 0 spiro atoms. The molecule has 3 aromatic rings. The van der Waals surface area contributed by atoms with Crippen molar-refractivity contribution in [2.24, 2.45) is 0 Å². The van der Waals surface area contributed by atoms with Gasteiger partial charge < -0.3 is 14.8 Å². The zero-order chi connectivity index (χ0) is 19.9. The van der Waals surface area contributed by atoms with Crippen LogP contribution in [0.3, 0.4) is 0 Å². The van der Waals surface area contributed by atoms with E-state index >= 15 is 0 Å². The molecule has 0 aliphatic carbocycles. The van der Waals surface area contributed by atoms with Gasteiger partial charge in [-0.05, 0) is 30.7 Å². The molecular formula is C20H22N4O3S. The third-order valence-electron chi connectivity index (χ3n) is 4.09. The van der Waals surface area contributed by atoms with Gasteiger partial charge in [0.1, 0.15) is 18.1 Å². The number of hydrogen-bond acceptors (Lipinski definition) is 6. The minimum absolute atomic E-state index is 0.0858. The fraction of sp³-hybridized carbons (Fsp3) is 0.250. The zero-order valence-electron chi connectivity index (χ0n) is 16.0. The summed E-state index contributed by atoms with van der Waals surface area (Å²) in [6.07, 6.45) is 0. The standard InChI is InChI=1S/C20H22N4O3S/c1-14-8-4-6-10-16(14)27-12-18-22-23-20(28-13-19(25)21-2)24(18)15-9-5-7-11-17(15)26-3/h4-11H,12-13H2,1-3H3,(H,21,25). The number of carbonyl (C=O) groups is 1. The molecule has 0 atom stereocenters. The maximum Gasteiger partial charge on any atom is 0.230 e.